The Morgan fingerprint density at radius 3 is 2.74 bits per heavy atom. The highest BCUT2D eigenvalue weighted by Gasteiger charge is 2.14. The lowest BCUT2D eigenvalue weighted by atomic mass is 9.87. The highest BCUT2D eigenvalue weighted by molar-refractivity contribution is 6.31. The summed E-state index contributed by atoms with van der Waals surface area (Å²) in [5.41, 5.74) is 0.978. The molecule has 1 aliphatic rings. The molecule has 1 aliphatic carbocycles. The Kier molecular flexibility index (Phi) is 5.65. The Hall–Kier alpha value is -0.600. The van der Waals surface area contributed by atoms with Gasteiger partial charge in [0.25, 0.3) is 0 Å². The number of hydrogen-bond acceptors (Lipinski definition) is 1. The Bertz CT molecular complexity index is 402. The van der Waals surface area contributed by atoms with Gasteiger partial charge in [-0.3, -0.25) is 0 Å². The maximum atomic E-state index is 13.0. The minimum atomic E-state index is -0.275. The van der Waals surface area contributed by atoms with E-state index >= 15 is 0 Å². The van der Waals surface area contributed by atoms with Gasteiger partial charge in [-0.1, -0.05) is 49.8 Å². The summed E-state index contributed by atoms with van der Waals surface area (Å²) in [5, 5.41) is 4.01. The van der Waals surface area contributed by atoms with E-state index in [1.165, 1.54) is 50.7 Å². The number of halogens is 2. The van der Waals surface area contributed by atoms with Gasteiger partial charge in [0.2, 0.25) is 0 Å². The topological polar surface area (TPSA) is 12.0 Å². The fourth-order valence-electron chi connectivity index (χ4n) is 2.94. The lowest BCUT2D eigenvalue weighted by Crippen LogP contribution is -2.23. The van der Waals surface area contributed by atoms with E-state index in [2.05, 4.69) is 12.2 Å². The van der Waals surface area contributed by atoms with Crippen LogP contribution < -0.4 is 5.32 Å². The molecule has 19 heavy (non-hydrogen) atoms. The lowest BCUT2D eigenvalue weighted by Gasteiger charge is -2.23. The largest absolute Gasteiger partial charge is 0.310 e. The second kappa shape index (κ2) is 7.25. The molecular weight excluding hydrogens is 261 g/mol. The van der Waals surface area contributed by atoms with Crippen LogP contribution in [0.1, 0.15) is 57.1 Å². The zero-order chi connectivity index (χ0) is 13.7. The molecule has 3 heteroatoms. The molecular formula is C16H23ClFN. The molecule has 0 radical (unpaired) electrons. The maximum absolute atomic E-state index is 13.0. The van der Waals surface area contributed by atoms with Crippen molar-refractivity contribution in [3.63, 3.8) is 0 Å². The van der Waals surface area contributed by atoms with Gasteiger partial charge in [0, 0.05) is 11.1 Å². The average Bonchev–Trinajstić information content (AvgIpc) is 2.39. The molecule has 1 aromatic rings. The van der Waals surface area contributed by atoms with Crippen LogP contribution in [0, 0.1) is 11.7 Å². The third-order valence-corrected chi connectivity index (χ3v) is 4.48. The van der Waals surface area contributed by atoms with Crippen molar-refractivity contribution >= 4 is 11.6 Å². The Morgan fingerprint density at radius 2 is 2.05 bits per heavy atom. The number of nitrogens with one attached hydrogen (secondary N) is 1. The molecule has 1 unspecified atom stereocenters. The van der Waals surface area contributed by atoms with Gasteiger partial charge < -0.3 is 5.32 Å². The van der Waals surface area contributed by atoms with Crippen molar-refractivity contribution in [3.05, 3.63) is 34.6 Å². The SMILES string of the molecule is CC(NCCC1CCCCC1)c1ccc(F)cc1Cl. The molecule has 0 heterocycles. The van der Waals surface area contributed by atoms with Gasteiger partial charge in [-0.25, -0.2) is 4.39 Å². The second-order valence-electron chi connectivity index (χ2n) is 5.63. The van der Waals surface area contributed by atoms with Crippen LogP contribution in [0.25, 0.3) is 0 Å². The molecule has 1 aromatic carbocycles. The molecule has 0 bridgehead atoms. The van der Waals surface area contributed by atoms with Gasteiger partial charge in [-0.05, 0) is 43.5 Å². The van der Waals surface area contributed by atoms with Gasteiger partial charge in [0.1, 0.15) is 5.82 Å². The Labute approximate surface area is 120 Å². The third-order valence-electron chi connectivity index (χ3n) is 4.16. The van der Waals surface area contributed by atoms with Crippen LogP contribution in [-0.4, -0.2) is 6.54 Å². The predicted molar refractivity (Wildman–Crippen MR) is 79.0 cm³/mol. The summed E-state index contributed by atoms with van der Waals surface area (Å²) < 4.78 is 13.0. The van der Waals surface area contributed by atoms with E-state index in [9.17, 15) is 4.39 Å². The van der Waals surface area contributed by atoms with Crippen molar-refractivity contribution in [3.8, 4) is 0 Å². The van der Waals surface area contributed by atoms with Crippen LogP contribution in [0.5, 0.6) is 0 Å². The van der Waals surface area contributed by atoms with Gasteiger partial charge in [-0.15, -0.1) is 0 Å². The number of hydrogen-bond donors (Lipinski definition) is 1. The van der Waals surface area contributed by atoms with Crippen LogP contribution in [0.2, 0.25) is 5.02 Å². The standard InChI is InChI=1S/C16H23ClFN/c1-12(15-8-7-14(18)11-16(15)17)19-10-9-13-5-3-2-4-6-13/h7-8,11-13,19H,2-6,9-10H2,1H3. The summed E-state index contributed by atoms with van der Waals surface area (Å²) in [7, 11) is 0. The summed E-state index contributed by atoms with van der Waals surface area (Å²) in [5.74, 6) is 0.611. The van der Waals surface area contributed by atoms with Crippen molar-refractivity contribution in [2.24, 2.45) is 5.92 Å². The molecule has 1 saturated carbocycles. The summed E-state index contributed by atoms with van der Waals surface area (Å²) in [6.45, 7) is 3.10. The summed E-state index contributed by atoms with van der Waals surface area (Å²) in [6, 6.07) is 4.81. The van der Waals surface area contributed by atoms with Crippen molar-refractivity contribution in [1.29, 1.82) is 0 Å². The molecule has 0 aromatic heterocycles. The third kappa shape index (κ3) is 4.47. The Morgan fingerprint density at radius 1 is 1.32 bits per heavy atom. The van der Waals surface area contributed by atoms with Crippen LogP contribution >= 0.6 is 11.6 Å². The van der Waals surface area contributed by atoms with E-state index in [1.54, 1.807) is 6.07 Å². The zero-order valence-electron chi connectivity index (χ0n) is 11.6. The molecule has 1 atom stereocenters. The Balaban J connectivity index is 1.78. The smallest absolute Gasteiger partial charge is 0.124 e. The summed E-state index contributed by atoms with van der Waals surface area (Å²) in [4.78, 5) is 0. The maximum Gasteiger partial charge on any atom is 0.124 e. The van der Waals surface area contributed by atoms with Crippen molar-refractivity contribution in [2.45, 2.75) is 51.5 Å². The van der Waals surface area contributed by atoms with E-state index < -0.39 is 0 Å². The number of benzene rings is 1. The minimum absolute atomic E-state index is 0.177. The quantitative estimate of drug-likeness (QED) is 0.793. The van der Waals surface area contributed by atoms with E-state index in [-0.39, 0.29) is 11.9 Å². The molecule has 0 amide bonds. The van der Waals surface area contributed by atoms with Crippen molar-refractivity contribution in [1.82, 2.24) is 5.32 Å². The molecule has 0 aliphatic heterocycles. The van der Waals surface area contributed by atoms with E-state index in [0.717, 1.165) is 18.0 Å². The summed E-state index contributed by atoms with van der Waals surface area (Å²) >= 11 is 6.07. The predicted octanol–water partition coefficient (Wildman–Crippen LogP) is 5.10. The van der Waals surface area contributed by atoms with Crippen LogP contribution in [-0.2, 0) is 0 Å². The van der Waals surface area contributed by atoms with E-state index in [0.29, 0.717) is 5.02 Å². The summed E-state index contributed by atoms with van der Waals surface area (Å²) in [6.07, 6.45) is 8.20. The number of rotatable bonds is 5. The van der Waals surface area contributed by atoms with Gasteiger partial charge in [0.05, 0.1) is 0 Å². The molecule has 1 N–H and O–H groups in total. The first-order valence-corrected chi connectivity index (χ1v) is 7.73. The van der Waals surface area contributed by atoms with Crippen molar-refractivity contribution in [2.75, 3.05) is 6.54 Å². The zero-order valence-corrected chi connectivity index (χ0v) is 12.3. The first kappa shape index (κ1) is 14.8. The van der Waals surface area contributed by atoms with Gasteiger partial charge in [-0.2, -0.15) is 0 Å². The molecule has 0 saturated heterocycles. The first-order valence-electron chi connectivity index (χ1n) is 7.35. The monoisotopic (exact) mass is 283 g/mol. The second-order valence-corrected chi connectivity index (χ2v) is 6.04. The first-order chi connectivity index (χ1) is 9.16. The van der Waals surface area contributed by atoms with Gasteiger partial charge >= 0.3 is 0 Å². The minimum Gasteiger partial charge on any atom is -0.310 e. The van der Waals surface area contributed by atoms with Gasteiger partial charge in [0.15, 0.2) is 0 Å². The fourth-order valence-corrected chi connectivity index (χ4v) is 3.27. The van der Waals surface area contributed by atoms with E-state index in [4.69, 9.17) is 11.6 Å². The van der Waals surface area contributed by atoms with E-state index in [1.807, 2.05) is 0 Å². The molecule has 0 spiro atoms. The van der Waals surface area contributed by atoms with Crippen LogP contribution in [0.15, 0.2) is 18.2 Å². The highest BCUT2D eigenvalue weighted by atomic mass is 35.5. The normalized spacial score (nSPS) is 18.5. The average molecular weight is 284 g/mol. The molecule has 1 fully saturated rings. The fraction of sp³-hybridized carbons (Fsp3) is 0.625. The molecule has 1 nitrogen and oxygen atoms in total. The lowest BCUT2D eigenvalue weighted by molar-refractivity contribution is 0.329. The van der Waals surface area contributed by atoms with Crippen LogP contribution in [0.4, 0.5) is 4.39 Å². The van der Waals surface area contributed by atoms with Crippen LogP contribution in [0.3, 0.4) is 0 Å². The molecule has 2 rings (SSSR count). The molecule has 106 valence electrons. The van der Waals surface area contributed by atoms with Crippen molar-refractivity contribution < 1.29 is 4.39 Å². The highest BCUT2D eigenvalue weighted by Crippen LogP contribution is 2.27.